The average molecular weight is 286 g/mol. The zero-order valence-corrected chi connectivity index (χ0v) is 12.7. The first-order valence-electron chi connectivity index (χ1n) is 6.80. The molecule has 0 radical (unpaired) electrons. The molecule has 3 amide bonds. The molecule has 0 heterocycles. The molecule has 20 heavy (non-hydrogen) atoms. The van der Waals surface area contributed by atoms with Gasteiger partial charge in [0.05, 0.1) is 19.1 Å². The van der Waals surface area contributed by atoms with Gasteiger partial charge in [0.2, 0.25) is 17.7 Å². The van der Waals surface area contributed by atoms with Gasteiger partial charge in [0, 0.05) is 6.54 Å². The van der Waals surface area contributed by atoms with Gasteiger partial charge in [0.15, 0.2) is 0 Å². The molecule has 1 atom stereocenters. The van der Waals surface area contributed by atoms with Crippen molar-refractivity contribution in [1.29, 1.82) is 0 Å². The van der Waals surface area contributed by atoms with Gasteiger partial charge in [0.25, 0.3) is 0 Å². The van der Waals surface area contributed by atoms with Crippen LogP contribution in [0, 0.1) is 11.8 Å². The monoisotopic (exact) mass is 286 g/mol. The zero-order chi connectivity index (χ0) is 15.7. The maximum atomic E-state index is 11.5. The number of amides is 3. The Kier molecular flexibility index (Phi) is 8.54. The molecule has 0 aromatic rings. The molecule has 0 saturated carbocycles. The summed E-state index contributed by atoms with van der Waals surface area (Å²) in [6, 6.07) is -0.642. The van der Waals surface area contributed by atoms with Crippen molar-refractivity contribution in [1.82, 2.24) is 16.0 Å². The van der Waals surface area contributed by atoms with Gasteiger partial charge in [-0.15, -0.1) is 0 Å². The fourth-order valence-electron chi connectivity index (χ4n) is 1.21. The summed E-state index contributed by atoms with van der Waals surface area (Å²) in [4.78, 5) is 34.3. The summed E-state index contributed by atoms with van der Waals surface area (Å²) in [7, 11) is 0. The van der Waals surface area contributed by atoms with E-state index in [9.17, 15) is 14.4 Å². The highest BCUT2D eigenvalue weighted by atomic mass is 16.2. The van der Waals surface area contributed by atoms with E-state index in [0.717, 1.165) is 0 Å². The third-order valence-corrected chi connectivity index (χ3v) is 2.60. The van der Waals surface area contributed by atoms with Crippen LogP contribution < -0.4 is 21.7 Å². The van der Waals surface area contributed by atoms with E-state index in [0.29, 0.717) is 12.5 Å². The van der Waals surface area contributed by atoms with E-state index in [1.165, 1.54) is 0 Å². The highest BCUT2D eigenvalue weighted by molar-refractivity contribution is 5.89. The Bertz CT molecular complexity index is 343. The van der Waals surface area contributed by atoms with Crippen molar-refractivity contribution in [2.24, 2.45) is 17.6 Å². The quantitative estimate of drug-likeness (QED) is 0.457. The van der Waals surface area contributed by atoms with E-state index in [4.69, 9.17) is 5.73 Å². The van der Waals surface area contributed by atoms with Gasteiger partial charge in [-0.25, -0.2) is 0 Å². The summed E-state index contributed by atoms with van der Waals surface area (Å²) in [6.07, 6.45) is 0. The van der Waals surface area contributed by atoms with Crippen molar-refractivity contribution in [3.05, 3.63) is 0 Å². The molecule has 7 nitrogen and oxygen atoms in total. The van der Waals surface area contributed by atoms with Crippen molar-refractivity contribution in [2.45, 2.75) is 33.7 Å². The number of hydrogen-bond acceptors (Lipinski definition) is 4. The minimum atomic E-state index is -0.642. The molecule has 0 aromatic heterocycles. The molecule has 0 spiro atoms. The van der Waals surface area contributed by atoms with Gasteiger partial charge < -0.3 is 21.7 Å². The number of carbonyl (C=O) groups excluding carboxylic acids is 3. The lowest BCUT2D eigenvalue weighted by Crippen LogP contribution is -2.48. The minimum absolute atomic E-state index is 0.000118. The Morgan fingerprint density at radius 2 is 1.40 bits per heavy atom. The van der Waals surface area contributed by atoms with Crippen molar-refractivity contribution in [3.8, 4) is 0 Å². The molecular weight excluding hydrogens is 260 g/mol. The molecule has 0 saturated heterocycles. The van der Waals surface area contributed by atoms with Gasteiger partial charge in [0.1, 0.15) is 0 Å². The molecule has 0 fully saturated rings. The van der Waals surface area contributed by atoms with Gasteiger partial charge in [-0.3, -0.25) is 14.4 Å². The van der Waals surface area contributed by atoms with Crippen LogP contribution in [0.15, 0.2) is 0 Å². The Morgan fingerprint density at radius 3 is 1.90 bits per heavy atom. The van der Waals surface area contributed by atoms with Crippen LogP contribution in [0.25, 0.3) is 0 Å². The summed E-state index contributed by atoms with van der Waals surface area (Å²) in [5.41, 5.74) is 5.63. The second-order valence-corrected chi connectivity index (χ2v) is 5.46. The summed E-state index contributed by atoms with van der Waals surface area (Å²) in [5, 5.41) is 7.53. The molecule has 0 unspecified atom stereocenters. The number of nitrogens with one attached hydrogen (secondary N) is 3. The van der Waals surface area contributed by atoms with Gasteiger partial charge in [-0.05, 0) is 11.8 Å². The third kappa shape index (κ3) is 8.47. The van der Waals surface area contributed by atoms with Crippen molar-refractivity contribution >= 4 is 17.7 Å². The maximum absolute atomic E-state index is 11.5. The Balaban J connectivity index is 3.84. The van der Waals surface area contributed by atoms with Gasteiger partial charge in [-0.2, -0.15) is 0 Å². The molecule has 0 aliphatic heterocycles. The lowest BCUT2D eigenvalue weighted by molar-refractivity contribution is -0.128. The second-order valence-electron chi connectivity index (χ2n) is 5.46. The summed E-state index contributed by atoms with van der Waals surface area (Å²) >= 11 is 0. The molecule has 0 bridgehead atoms. The molecular formula is C13H26N4O3. The smallest absolute Gasteiger partial charge is 0.239 e. The van der Waals surface area contributed by atoms with E-state index in [2.05, 4.69) is 16.0 Å². The van der Waals surface area contributed by atoms with Crippen LogP contribution in [0.3, 0.4) is 0 Å². The normalized spacial score (nSPS) is 12.2. The minimum Gasteiger partial charge on any atom is -0.354 e. The molecule has 116 valence electrons. The maximum Gasteiger partial charge on any atom is 0.239 e. The van der Waals surface area contributed by atoms with E-state index in [-0.39, 0.29) is 30.8 Å². The zero-order valence-electron chi connectivity index (χ0n) is 12.7. The number of carbonyl (C=O) groups is 3. The fourth-order valence-corrected chi connectivity index (χ4v) is 1.21. The predicted molar refractivity (Wildman–Crippen MR) is 76.7 cm³/mol. The number of hydrogen-bond donors (Lipinski definition) is 4. The third-order valence-electron chi connectivity index (χ3n) is 2.60. The standard InChI is InChI=1S/C13H26N4O3/c1-8(2)5-15-10(18)6-16-11(19)7-17-13(20)12(14)9(3)4/h8-9,12H,5-7,14H2,1-4H3,(H,15,18)(H,16,19)(H,17,20)/t12-/m0/s1. The van der Waals surface area contributed by atoms with Crippen LogP contribution in [0.1, 0.15) is 27.7 Å². The molecule has 5 N–H and O–H groups in total. The van der Waals surface area contributed by atoms with Crippen molar-refractivity contribution in [3.63, 3.8) is 0 Å². The van der Waals surface area contributed by atoms with E-state index in [1.54, 1.807) is 0 Å². The lowest BCUT2D eigenvalue weighted by Gasteiger charge is -2.15. The number of nitrogens with two attached hydrogens (primary N) is 1. The fraction of sp³-hybridized carbons (Fsp3) is 0.769. The van der Waals surface area contributed by atoms with Crippen LogP contribution >= 0.6 is 0 Å². The number of rotatable bonds is 8. The highest BCUT2D eigenvalue weighted by Gasteiger charge is 2.17. The largest absolute Gasteiger partial charge is 0.354 e. The Morgan fingerprint density at radius 1 is 0.900 bits per heavy atom. The first kappa shape index (κ1) is 18.4. The van der Waals surface area contributed by atoms with Gasteiger partial charge >= 0.3 is 0 Å². The predicted octanol–water partition coefficient (Wildman–Crippen LogP) is -1.03. The first-order valence-corrected chi connectivity index (χ1v) is 6.80. The Labute approximate surface area is 120 Å². The van der Waals surface area contributed by atoms with Crippen LogP contribution in [-0.2, 0) is 14.4 Å². The molecule has 0 aromatic carbocycles. The Hall–Kier alpha value is -1.63. The summed E-state index contributed by atoms with van der Waals surface area (Å²) < 4.78 is 0. The van der Waals surface area contributed by atoms with E-state index >= 15 is 0 Å². The van der Waals surface area contributed by atoms with Gasteiger partial charge in [-0.1, -0.05) is 27.7 Å². The molecule has 7 heteroatoms. The second kappa shape index (κ2) is 9.30. The van der Waals surface area contributed by atoms with Crippen LogP contribution in [-0.4, -0.2) is 43.4 Å². The van der Waals surface area contributed by atoms with E-state index in [1.807, 2.05) is 27.7 Å². The molecule has 0 rings (SSSR count). The highest BCUT2D eigenvalue weighted by Crippen LogP contribution is 1.97. The topological polar surface area (TPSA) is 113 Å². The van der Waals surface area contributed by atoms with Crippen LogP contribution in [0.5, 0.6) is 0 Å². The van der Waals surface area contributed by atoms with Crippen molar-refractivity contribution < 1.29 is 14.4 Å². The van der Waals surface area contributed by atoms with Crippen molar-refractivity contribution in [2.75, 3.05) is 19.6 Å². The molecule has 0 aliphatic rings. The summed E-state index contributed by atoms with van der Waals surface area (Å²) in [6.45, 7) is 7.88. The summed E-state index contributed by atoms with van der Waals surface area (Å²) in [5.74, 6) is -0.697. The van der Waals surface area contributed by atoms with Crippen LogP contribution in [0.2, 0.25) is 0 Å². The SMILES string of the molecule is CC(C)CNC(=O)CNC(=O)CNC(=O)[C@@H](N)C(C)C. The molecule has 0 aliphatic carbocycles. The lowest BCUT2D eigenvalue weighted by atomic mass is 10.1. The van der Waals surface area contributed by atoms with Crippen LogP contribution in [0.4, 0.5) is 0 Å². The first-order chi connectivity index (χ1) is 9.23. The average Bonchev–Trinajstić information content (AvgIpc) is 2.38. The van der Waals surface area contributed by atoms with E-state index < -0.39 is 11.9 Å².